The number of benzene rings is 2. The number of carbonyl (C=O) groups excluding carboxylic acids is 2. The Labute approximate surface area is 157 Å². The van der Waals surface area contributed by atoms with Crippen LogP contribution in [0.25, 0.3) is 0 Å². The molecule has 0 aromatic heterocycles. The van der Waals surface area contributed by atoms with Gasteiger partial charge in [0.15, 0.2) is 18.1 Å². The Balaban J connectivity index is 1.56. The minimum atomic E-state index is -0.610. The van der Waals surface area contributed by atoms with Crippen molar-refractivity contribution in [1.29, 1.82) is 0 Å². The lowest BCUT2D eigenvalue weighted by Crippen LogP contribution is -2.31. The highest BCUT2D eigenvalue weighted by atomic mass is 16.7. The first-order valence-corrected chi connectivity index (χ1v) is 8.48. The zero-order valence-corrected chi connectivity index (χ0v) is 15.4. The largest absolute Gasteiger partial charge is 0.496 e. The van der Waals surface area contributed by atoms with Gasteiger partial charge in [-0.15, -0.1) is 0 Å². The van der Waals surface area contributed by atoms with Crippen molar-refractivity contribution in [3.05, 3.63) is 53.1 Å². The summed E-state index contributed by atoms with van der Waals surface area (Å²) in [6, 6.07) is 10.4. The lowest BCUT2D eigenvalue weighted by Gasteiger charge is -2.15. The summed E-state index contributed by atoms with van der Waals surface area (Å²) in [7, 11) is 1.47. The molecular weight excluding hydrogens is 350 g/mol. The molecule has 142 valence electrons. The highest BCUT2D eigenvalue weighted by Gasteiger charge is 2.19. The van der Waals surface area contributed by atoms with Crippen LogP contribution < -0.4 is 19.5 Å². The number of ether oxygens (including phenoxy) is 4. The SMILES string of the molecule is COc1ccc(C)cc1C(=O)OCC(=O)N[C@H](C)c1ccc2c(c1)OCO2. The number of esters is 1. The molecule has 1 aliphatic heterocycles. The van der Waals surface area contributed by atoms with Gasteiger partial charge in [0.1, 0.15) is 11.3 Å². The summed E-state index contributed by atoms with van der Waals surface area (Å²) in [5, 5.41) is 2.79. The molecular formula is C20H21NO6. The number of amides is 1. The summed E-state index contributed by atoms with van der Waals surface area (Å²) < 4.78 is 20.9. The second-order valence-electron chi connectivity index (χ2n) is 6.18. The van der Waals surface area contributed by atoms with E-state index in [1.807, 2.05) is 32.0 Å². The minimum absolute atomic E-state index is 0.192. The van der Waals surface area contributed by atoms with Gasteiger partial charge in [0.25, 0.3) is 5.91 Å². The molecule has 0 unspecified atom stereocenters. The van der Waals surface area contributed by atoms with Gasteiger partial charge in [-0.25, -0.2) is 4.79 Å². The molecule has 1 amide bonds. The third kappa shape index (κ3) is 4.31. The fourth-order valence-electron chi connectivity index (χ4n) is 2.74. The quantitative estimate of drug-likeness (QED) is 0.786. The fraction of sp³-hybridized carbons (Fsp3) is 0.300. The van der Waals surface area contributed by atoms with Gasteiger partial charge in [0.05, 0.1) is 13.2 Å². The molecule has 0 radical (unpaired) electrons. The molecule has 0 aliphatic carbocycles. The zero-order valence-electron chi connectivity index (χ0n) is 15.4. The molecule has 1 heterocycles. The Morgan fingerprint density at radius 3 is 2.70 bits per heavy atom. The van der Waals surface area contributed by atoms with Crippen LogP contribution in [0.1, 0.15) is 34.5 Å². The van der Waals surface area contributed by atoms with E-state index < -0.39 is 11.9 Å². The van der Waals surface area contributed by atoms with Crippen molar-refractivity contribution in [3.63, 3.8) is 0 Å². The molecule has 2 aromatic rings. The average molecular weight is 371 g/mol. The first kappa shape index (κ1) is 18.6. The van der Waals surface area contributed by atoms with Gasteiger partial charge in [0, 0.05) is 0 Å². The molecule has 0 bridgehead atoms. The first-order valence-electron chi connectivity index (χ1n) is 8.48. The monoisotopic (exact) mass is 371 g/mol. The third-order valence-corrected chi connectivity index (χ3v) is 4.18. The van der Waals surface area contributed by atoms with Crippen LogP contribution in [0.3, 0.4) is 0 Å². The second-order valence-corrected chi connectivity index (χ2v) is 6.18. The van der Waals surface area contributed by atoms with Crippen LogP contribution >= 0.6 is 0 Å². The van der Waals surface area contributed by atoms with Crippen LogP contribution in [-0.4, -0.2) is 32.4 Å². The summed E-state index contributed by atoms with van der Waals surface area (Å²) >= 11 is 0. The fourth-order valence-corrected chi connectivity index (χ4v) is 2.74. The average Bonchev–Trinajstić information content (AvgIpc) is 3.13. The predicted octanol–water partition coefficient (Wildman–Crippen LogP) is 2.77. The molecule has 7 nitrogen and oxygen atoms in total. The number of methoxy groups -OCH3 is 1. The highest BCUT2D eigenvalue weighted by molar-refractivity contribution is 5.94. The normalized spacial score (nSPS) is 13.0. The molecule has 3 rings (SSSR count). The van der Waals surface area contributed by atoms with Crippen molar-refractivity contribution >= 4 is 11.9 Å². The van der Waals surface area contributed by atoms with Crippen molar-refractivity contribution in [1.82, 2.24) is 5.32 Å². The van der Waals surface area contributed by atoms with E-state index in [0.717, 1.165) is 11.1 Å². The van der Waals surface area contributed by atoms with Crippen molar-refractivity contribution in [3.8, 4) is 17.2 Å². The number of hydrogen-bond donors (Lipinski definition) is 1. The van der Waals surface area contributed by atoms with Gasteiger partial charge < -0.3 is 24.3 Å². The summed E-state index contributed by atoms with van der Waals surface area (Å²) in [6.07, 6.45) is 0. The van der Waals surface area contributed by atoms with Gasteiger partial charge in [-0.1, -0.05) is 17.7 Å². The Hall–Kier alpha value is -3.22. The molecule has 27 heavy (non-hydrogen) atoms. The lowest BCUT2D eigenvalue weighted by atomic mass is 10.1. The molecule has 0 spiro atoms. The third-order valence-electron chi connectivity index (χ3n) is 4.18. The molecule has 0 saturated carbocycles. The van der Waals surface area contributed by atoms with E-state index in [1.165, 1.54) is 7.11 Å². The predicted molar refractivity (Wildman–Crippen MR) is 97.1 cm³/mol. The molecule has 0 saturated heterocycles. The maximum absolute atomic E-state index is 12.3. The molecule has 0 fully saturated rings. The Morgan fingerprint density at radius 1 is 1.15 bits per heavy atom. The smallest absolute Gasteiger partial charge is 0.342 e. The van der Waals surface area contributed by atoms with Crippen LogP contribution in [-0.2, 0) is 9.53 Å². The van der Waals surface area contributed by atoms with E-state index in [1.54, 1.807) is 18.2 Å². The van der Waals surface area contributed by atoms with E-state index in [4.69, 9.17) is 18.9 Å². The molecule has 1 atom stereocenters. The number of hydrogen-bond acceptors (Lipinski definition) is 6. The van der Waals surface area contributed by atoms with E-state index >= 15 is 0 Å². The number of nitrogens with one attached hydrogen (secondary N) is 1. The summed E-state index contributed by atoms with van der Waals surface area (Å²) in [4.78, 5) is 24.4. The molecule has 1 aliphatic rings. The van der Waals surface area contributed by atoms with Gasteiger partial charge in [-0.05, 0) is 43.7 Å². The van der Waals surface area contributed by atoms with Gasteiger partial charge in [-0.2, -0.15) is 0 Å². The number of fused-ring (bicyclic) bond motifs is 1. The summed E-state index contributed by atoms with van der Waals surface area (Å²) in [5.74, 6) is 0.714. The summed E-state index contributed by atoms with van der Waals surface area (Å²) in [6.45, 7) is 3.50. The number of carbonyl (C=O) groups is 2. The van der Waals surface area contributed by atoms with Crippen molar-refractivity contribution < 1.29 is 28.5 Å². The zero-order chi connectivity index (χ0) is 19.4. The Morgan fingerprint density at radius 2 is 1.93 bits per heavy atom. The van der Waals surface area contributed by atoms with Gasteiger partial charge in [-0.3, -0.25) is 4.79 Å². The van der Waals surface area contributed by atoms with Gasteiger partial charge >= 0.3 is 5.97 Å². The van der Waals surface area contributed by atoms with E-state index in [-0.39, 0.29) is 25.0 Å². The topological polar surface area (TPSA) is 83.1 Å². The molecule has 2 aromatic carbocycles. The number of aryl methyl sites for hydroxylation is 1. The second kappa shape index (κ2) is 7.99. The molecule has 7 heteroatoms. The van der Waals surface area contributed by atoms with Crippen LogP contribution in [0.15, 0.2) is 36.4 Å². The van der Waals surface area contributed by atoms with Crippen molar-refractivity contribution in [2.24, 2.45) is 0 Å². The van der Waals surface area contributed by atoms with Gasteiger partial charge in [0.2, 0.25) is 6.79 Å². The maximum atomic E-state index is 12.3. The standard InChI is InChI=1S/C20H21NO6/c1-12-4-6-16(24-3)15(8-12)20(23)25-10-19(22)21-13(2)14-5-7-17-18(9-14)27-11-26-17/h4-9,13H,10-11H2,1-3H3,(H,21,22)/t13-/m1/s1. The van der Waals surface area contributed by atoms with Crippen LogP contribution in [0.5, 0.6) is 17.2 Å². The Kier molecular flexibility index (Phi) is 5.49. The van der Waals surface area contributed by atoms with Crippen molar-refractivity contribution in [2.75, 3.05) is 20.5 Å². The Bertz CT molecular complexity index is 864. The minimum Gasteiger partial charge on any atom is -0.496 e. The highest BCUT2D eigenvalue weighted by Crippen LogP contribution is 2.34. The summed E-state index contributed by atoms with van der Waals surface area (Å²) in [5.41, 5.74) is 2.04. The van der Waals surface area contributed by atoms with Crippen LogP contribution in [0.4, 0.5) is 0 Å². The maximum Gasteiger partial charge on any atom is 0.342 e. The number of rotatable bonds is 6. The van der Waals surface area contributed by atoms with E-state index in [9.17, 15) is 9.59 Å². The molecule has 1 N–H and O–H groups in total. The van der Waals surface area contributed by atoms with E-state index in [0.29, 0.717) is 17.2 Å². The van der Waals surface area contributed by atoms with E-state index in [2.05, 4.69) is 5.32 Å². The van der Waals surface area contributed by atoms with Crippen molar-refractivity contribution in [2.45, 2.75) is 19.9 Å². The van der Waals surface area contributed by atoms with Crippen LogP contribution in [0, 0.1) is 6.92 Å². The first-order chi connectivity index (χ1) is 13.0. The van der Waals surface area contributed by atoms with Crippen LogP contribution in [0.2, 0.25) is 0 Å². The lowest BCUT2D eigenvalue weighted by molar-refractivity contribution is -0.124.